The number of rotatable bonds is 9. The maximum atomic E-state index is 11.3. The average molecular weight is 610 g/mol. The standard InChI is InChI=1S/C22H26ClN3O.C8H15N.C2H6.C2H2.CH3NO/c1-3-17(27)8-6-4-5-7-9-22-24-14-21(26-22)16-10-11-20-18(13-16)19(23)12-15(2)25-20;1-9-6-4-8(2-3-8)5-7-9;2*1-2;2-1-3/h10-14H,3-9H2,1-2H3,(H,24,26);2-7H2,1H3;1-2H3;1-2H;1H,(H2,2,3). The van der Waals surface area contributed by atoms with E-state index in [2.05, 4.69) is 51.5 Å². The van der Waals surface area contributed by atoms with E-state index in [-0.39, 0.29) is 6.41 Å². The smallest absolute Gasteiger partial charge is 0.204 e. The third-order valence-electron chi connectivity index (χ3n) is 7.84. The number of nitrogens with zero attached hydrogens (tertiary/aromatic N) is 3. The number of pyridine rings is 1. The van der Waals surface area contributed by atoms with Gasteiger partial charge in [0.1, 0.15) is 11.6 Å². The van der Waals surface area contributed by atoms with Crippen LogP contribution in [0.15, 0.2) is 30.5 Å². The zero-order valence-electron chi connectivity index (χ0n) is 26.9. The number of primary amides is 1. The number of aryl methyl sites for hydroxylation is 2. The first-order chi connectivity index (χ1) is 20.8. The van der Waals surface area contributed by atoms with Crippen LogP contribution in [-0.2, 0) is 16.0 Å². The lowest BCUT2D eigenvalue weighted by Gasteiger charge is -2.28. The molecule has 2 aliphatic rings. The molecule has 2 aromatic heterocycles. The molecule has 0 unspecified atom stereocenters. The van der Waals surface area contributed by atoms with Crippen LogP contribution in [0.1, 0.15) is 96.5 Å². The molecule has 0 bridgehead atoms. The number of ketones is 1. The second kappa shape index (κ2) is 20.7. The number of nitrogens with two attached hydrogens (primary N) is 1. The predicted molar refractivity (Wildman–Crippen MR) is 181 cm³/mol. The van der Waals surface area contributed by atoms with Crippen LogP contribution in [0.3, 0.4) is 0 Å². The number of imidazole rings is 1. The summed E-state index contributed by atoms with van der Waals surface area (Å²) >= 11 is 6.38. The lowest BCUT2D eigenvalue weighted by atomic mass is 9.94. The Kier molecular flexibility index (Phi) is 18.2. The summed E-state index contributed by atoms with van der Waals surface area (Å²) in [6.07, 6.45) is 22.8. The molecule has 43 heavy (non-hydrogen) atoms. The van der Waals surface area contributed by atoms with Crippen LogP contribution >= 0.6 is 11.6 Å². The fraction of sp³-hybridized carbons (Fsp3) is 0.543. The summed E-state index contributed by atoms with van der Waals surface area (Å²) in [6.45, 7) is 10.6. The molecule has 3 heterocycles. The Morgan fingerprint density at radius 3 is 2.33 bits per heavy atom. The molecule has 1 spiro atoms. The largest absolute Gasteiger partial charge is 0.372 e. The van der Waals surface area contributed by atoms with Crippen LogP contribution in [0.5, 0.6) is 0 Å². The number of H-pyrrole nitrogens is 1. The van der Waals surface area contributed by atoms with E-state index in [9.17, 15) is 4.79 Å². The maximum Gasteiger partial charge on any atom is 0.204 e. The molecule has 8 heteroatoms. The molecule has 1 saturated carbocycles. The Balaban J connectivity index is 0.000000474. The number of terminal acetylenes is 1. The van der Waals surface area contributed by atoms with Crippen LogP contribution in [0.2, 0.25) is 5.02 Å². The number of carbonyl (C=O) groups excluding carboxylic acids is 2. The van der Waals surface area contributed by atoms with Crippen LogP contribution in [0.4, 0.5) is 0 Å². The number of likely N-dealkylation sites (tertiary alicyclic amines) is 1. The molecule has 1 amide bonds. The van der Waals surface area contributed by atoms with Crippen LogP contribution < -0.4 is 5.73 Å². The van der Waals surface area contributed by atoms with Crippen molar-refractivity contribution in [3.63, 3.8) is 0 Å². The quantitative estimate of drug-likeness (QED) is 0.146. The van der Waals surface area contributed by atoms with Gasteiger partial charge in [0.25, 0.3) is 0 Å². The van der Waals surface area contributed by atoms with Crippen molar-refractivity contribution < 1.29 is 9.59 Å². The van der Waals surface area contributed by atoms with E-state index in [0.29, 0.717) is 12.2 Å². The first kappa shape index (κ1) is 37.8. The van der Waals surface area contributed by atoms with Gasteiger partial charge in [0.2, 0.25) is 6.41 Å². The van der Waals surface area contributed by atoms with Crippen molar-refractivity contribution in [1.29, 1.82) is 0 Å². The van der Waals surface area contributed by atoms with Crippen LogP contribution in [0, 0.1) is 25.2 Å². The van der Waals surface area contributed by atoms with E-state index in [0.717, 1.165) is 82.6 Å². The SMILES string of the molecule is C#C.CC.CCC(=O)CCCCCCc1ncc(-c2ccc3nc(C)cc(Cl)c3c2)[nH]1.CN1CCC2(CC1)CC2.NC=O. The highest BCUT2D eigenvalue weighted by Crippen LogP contribution is 2.53. The molecule has 2 fully saturated rings. The van der Waals surface area contributed by atoms with Crippen molar-refractivity contribution in [3.05, 3.63) is 47.0 Å². The molecule has 5 rings (SSSR count). The summed E-state index contributed by atoms with van der Waals surface area (Å²) in [6, 6.07) is 8.00. The van der Waals surface area contributed by atoms with Crippen molar-refractivity contribution in [2.24, 2.45) is 11.1 Å². The number of nitrogens with one attached hydrogen (secondary N) is 1. The van der Waals surface area contributed by atoms with E-state index in [1.165, 1.54) is 38.8 Å². The zero-order valence-corrected chi connectivity index (χ0v) is 27.7. The summed E-state index contributed by atoms with van der Waals surface area (Å²) < 4.78 is 0. The first-order valence-corrected chi connectivity index (χ1v) is 16.0. The topological polar surface area (TPSA) is 105 Å². The number of fused-ring (bicyclic) bond motifs is 1. The molecule has 0 radical (unpaired) electrons. The van der Waals surface area contributed by atoms with Gasteiger partial charge in [-0.25, -0.2) is 4.98 Å². The zero-order chi connectivity index (χ0) is 32.3. The highest BCUT2D eigenvalue weighted by atomic mass is 35.5. The molecular weight excluding hydrogens is 558 g/mol. The Morgan fingerprint density at radius 2 is 1.72 bits per heavy atom. The average Bonchev–Trinajstić information content (AvgIpc) is 3.62. The number of carbonyl (C=O) groups is 2. The number of halogens is 1. The molecule has 7 nitrogen and oxygen atoms in total. The summed E-state index contributed by atoms with van der Waals surface area (Å²) in [5.41, 5.74) is 8.92. The van der Waals surface area contributed by atoms with Gasteiger partial charge in [0.15, 0.2) is 0 Å². The van der Waals surface area contributed by atoms with E-state index >= 15 is 0 Å². The lowest BCUT2D eigenvalue weighted by molar-refractivity contribution is -0.118. The van der Waals surface area contributed by atoms with Gasteiger partial charge >= 0.3 is 0 Å². The van der Waals surface area contributed by atoms with Gasteiger partial charge in [-0.15, -0.1) is 12.8 Å². The normalized spacial score (nSPS) is 14.4. The number of piperidine rings is 1. The molecule has 1 aliphatic carbocycles. The Bertz CT molecular complexity index is 1260. The Hall–Kier alpha value is -3.21. The monoisotopic (exact) mass is 609 g/mol. The molecule has 3 N–H and O–H groups in total. The fourth-order valence-electron chi connectivity index (χ4n) is 5.03. The summed E-state index contributed by atoms with van der Waals surface area (Å²) in [4.78, 5) is 34.8. The molecular formula is C35H52ClN5O2. The summed E-state index contributed by atoms with van der Waals surface area (Å²) in [5.74, 6) is 1.37. The molecule has 1 aliphatic heterocycles. The number of benzene rings is 1. The fourth-order valence-corrected chi connectivity index (χ4v) is 5.34. The van der Waals surface area contributed by atoms with Gasteiger partial charge in [-0.2, -0.15) is 0 Å². The minimum Gasteiger partial charge on any atom is -0.372 e. The number of aromatic amines is 1. The summed E-state index contributed by atoms with van der Waals surface area (Å²) in [5, 5.41) is 1.68. The Labute approximate surface area is 264 Å². The maximum absolute atomic E-state index is 11.3. The van der Waals surface area contributed by atoms with Crippen molar-refractivity contribution in [3.8, 4) is 24.1 Å². The number of Topliss-reactive ketones (excluding diaryl/α,β-unsaturated/α-hetero) is 1. The van der Waals surface area contributed by atoms with Gasteiger partial charge < -0.3 is 15.6 Å². The Morgan fingerprint density at radius 1 is 1.09 bits per heavy atom. The number of hydrogen-bond donors (Lipinski definition) is 2. The van der Waals surface area contributed by atoms with Gasteiger partial charge in [-0.05, 0) is 89.2 Å². The first-order valence-electron chi connectivity index (χ1n) is 15.6. The minimum atomic E-state index is 0.250. The highest BCUT2D eigenvalue weighted by molar-refractivity contribution is 6.35. The van der Waals surface area contributed by atoms with Crippen molar-refractivity contribution in [1.82, 2.24) is 19.9 Å². The third-order valence-corrected chi connectivity index (χ3v) is 8.16. The number of unbranched alkanes of at least 4 members (excludes halogenated alkanes) is 3. The molecule has 1 saturated heterocycles. The van der Waals surface area contributed by atoms with Crippen LogP contribution in [0.25, 0.3) is 22.2 Å². The second-order valence-corrected chi connectivity index (χ2v) is 11.4. The number of hydrogen-bond acceptors (Lipinski definition) is 5. The van der Waals surface area contributed by atoms with Gasteiger partial charge in [-0.1, -0.05) is 51.3 Å². The molecule has 236 valence electrons. The lowest BCUT2D eigenvalue weighted by Crippen LogP contribution is -2.30. The van der Waals surface area contributed by atoms with Gasteiger partial charge in [0, 0.05) is 35.9 Å². The van der Waals surface area contributed by atoms with Crippen molar-refractivity contribution in [2.75, 3.05) is 20.1 Å². The second-order valence-electron chi connectivity index (χ2n) is 11.0. The number of amides is 1. The molecule has 0 atom stereocenters. The van der Waals surface area contributed by atoms with Gasteiger partial charge in [-0.3, -0.25) is 14.6 Å². The number of aromatic nitrogens is 3. The summed E-state index contributed by atoms with van der Waals surface area (Å²) in [7, 11) is 2.23. The predicted octanol–water partition coefficient (Wildman–Crippen LogP) is 7.93. The highest BCUT2D eigenvalue weighted by Gasteiger charge is 2.43. The molecule has 1 aromatic carbocycles. The van der Waals surface area contributed by atoms with Crippen molar-refractivity contribution >= 4 is 34.7 Å². The van der Waals surface area contributed by atoms with Crippen molar-refractivity contribution in [2.45, 2.75) is 98.3 Å². The molecule has 3 aromatic rings. The van der Waals surface area contributed by atoms with E-state index in [4.69, 9.17) is 16.4 Å². The minimum absolute atomic E-state index is 0.250. The van der Waals surface area contributed by atoms with Crippen LogP contribution in [-0.4, -0.2) is 52.2 Å². The van der Waals surface area contributed by atoms with E-state index in [1.54, 1.807) is 0 Å². The third kappa shape index (κ3) is 13.3. The van der Waals surface area contributed by atoms with E-state index < -0.39 is 0 Å². The van der Waals surface area contributed by atoms with Gasteiger partial charge in [0.05, 0.1) is 22.4 Å². The van der Waals surface area contributed by atoms with E-state index in [1.807, 2.05) is 52.1 Å².